The van der Waals surface area contributed by atoms with Gasteiger partial charge in [-0.25, -0.2) is 13.2 Å². The standard InChI is InChI=1S/C15H12Cl3NO4S/c1-9(15(20)21)19(14-5-3-2-4-12(14)17)24(22,23)10-6-7-11(16)13(18)8-10/h2-9H,1H3,(H,20,21). The monoisotopic (exact) mass is 407 g/mol. The molecule has 1 atom stereocenters. The van der Waals surface area contributed by atoms with Gasteiger partial charge in [-0.2, -0.15) is 0 Å². The van der Waals surface area contributed by atoms with Gasteiger partial charge in [0.15, 0.2) is 0 Å². The van der Waals surface area contributed by atoms with Crippen LogP contribution >= 0.6 is 34.8 Å². The van der Waals surface area contributed by atoms with Crippen molar-refractivity contribution in [2.75, 3.05) is 4.31 Å². The van der Waals surface area contributed by atoms with Crippen LogP contribution in [0.4, 0.5) is 5.69 Å². The summed E-state index contributed by atoms with van der Waals surface area (Å²) in [6.45, 7) is 1.25. The zero-order chi connectivity index (χ0) is 18.1. The van der Waals surface area contributed by atoms with E-state index in [0.29, 0.717) is 0 Å². The predicted octanol–water partition coefficient (Wildman–Crippen LogP) is 4.32. The molecule has 0 amide bonds. The molecule has 2 aromatic carbocycles. The average Bonchev–Trinajstić information content (AvgIpc) is 2.51. The molecule has 0 aliphatic rings. The Hall–Kier alpha value is -1.47. The summed E-state index contributed by atoms with van der Waals surface area (Å²) in [6.07, 6.45) is 0. The van der Waals surface area contributed by atoms with Crippen molar-refractivity contribution < 1.29 is 18.3 Å². The zero-order valence-electron chi connectivity index (χ0n) is 12.3. The van der Waals surface area contributed by atoms with Gasteiger partial charge >= 0.3 is 5.97 Å². The van der Waals surface area contributed by atoms with Crippen molar-refractivity contribution in [3.05, 3.63) is 57.5 Å². The van der Waals surface area contributed by atoms with Crippen LogP contribution in [-0.4, -0.2) is 25.5 Å². The van der Waals surface area contributed by atoms with E-state index >= 15 is 0 Å². The van der Waals surface area contributed by atoms with Gasteiger partial charge in [-0.15, -0.1) is 0 Å². The van der Waals surface area contributed by atoms with E-state index in [1.807, 2.05) is 0 Å². The highest BCUT2D eigenvalue weighted by Crippen LogP contribution is 2.34. The zero-order valence-corrected chi connectivity index (χ0v) is 15.4. The Morgan fingerprint density at radius 2 is 1.67 bits per heavy atom. The van der Waals surface area contributed by atoms with Crippen LogP contribution in [0.2, 0.25) is 15.1 Å². The second-order valence-corrected chi connectivity index (χ2v) is 7.88. The van der Waals surface area contributed by atoms with E-state index in [4.69, 9.17) is 34.8 Å². The van der Waals surface area contributed by atoms with E-state index in [1.165, 1.54) is 31.2 Å². The SMILES string of the molecule is CC(C(=O)O)N(c1ccccc1Cl)S(=O)(=O)c1ccc(Cl)c(Cl)c1. The van der Waals surface area contributed by atoms with Crippen molar-refractivity contribution in [2.45, 2.75) is 17.9 Å². The van der Waals surface area contributed by atoms with Crippen LogP contribution in [0.1, 0.15) is 6.92 Å². The fourth-order valence-electron chi connectivity index (χ4n) is 2.03. The van der Waals surface area contributed by atoms with Crippen molar-refractivity contribution in [2.24, 2.45) is 0 Å². The van der Waals surface area contributed by atoms with Crippen LogP contribution < -0.4 is 4.31 Å². The Labute approximate surface area is 154 Å². The lowest BCUT2D eigenvalue weighted by Gasteiger charge is -2.28. The van der Waals surface area contributed by atoms with Gasteiger partial charge in [0.05, 0.1) is 25.7 Å². The normalized spacial score (nSPS) is 12.7. The van der Waals surface area contributed by atoms with Crippen molar-refractivity contribution >= 4 is 56.5 Å². The highest BCUT2D eigenvalue weighted by molar-refractivity contribution is 7.93. The van der Waals surface area contributed by atoms with Gasteiger partial charge in [-0.1, -0.05) is 46.9 Å². The molecule has 1 unspecified atom stereocenters. The minimum atomic E-state index is -4.24. The van der Waals surface area contributed by atoms with Crippen LogP contribution in [0.25, 0.3) is 0 Å². The van der Waals surface area contributed by atoms with Crippen molar-refractivity contribution in [1.29, 1.82) is 0 Å². The highest BCUT2D eigenvalue weighted by Gasteiger charge is 2.34. The summed E-state index contributed by atoms with van der Waals surface area (Å²) in [6, 6.07) is 8.44. The van der Waals surface area contributed by atoms with E-state index < -0.39 is 22.0 Å². The highest BCUT2D eigenvalue weighted by atomic mass is 35.5. The Morgan fingerprint density at radius 3 is 2.21 bits per heavy atom. The van der Waals surface area contributed by atoms with Gasteiger partial charge in [0.1, 0.15) is 6.04 Å². The van der Waals surface area contributed by atoms with Crippen LogP contribution in [-0.2, 0) is 14.8 Å². The molecule has 0 aromatic heterocycles. The summed E-state index contributed by atoms with van der Waals surface area (Å²) in [5.74, 6) is -1.32. The molecule has 0 saturated heterocycles. The van der Waals surface area contributed by atoms with Gasteiger partial charge < -0.3 is 5.11 Å². The molecule has 0 radical (unpaired) electrons. The number of aliphatic carboxylic acids is 1. The average molecular weight is 409 g/mol. The summed E-state index contributed by atoms with van der Waals surface area (Å²) in [4.78, 5) is 11.2. The van der Waals surface area contributed by atoms with Crippen molar-refractivity contribution in [3.8, 4) is 0 Å². The molecule has 24 heavy (non-hydrogen) atoms. The molecule has 2 aromatic rings. The third kappa shape index (κ3) is 3.62. The molecule has 0 aliphatic heterocycles. The number of anilines is 1. The number of hydrogen-bond acceptors (Lipinski definition) is 3. The number of halogens is 3. The molecule has 2 rings (SSSR count). The largest absolute Gasteiger partial charge is 0.480 e. The smallest absolute Gasteiger partial charge is 0.327 e. The molecule has 0 spiro atoms. The fraction of sp³-hybridized carbons (Fsp3) is 0.133. The van der Waals surface area contributed by atoms with E-state index in [2.05, 4.69) is 0 Å². The quantitative estimate of drug-likeness (QED) is 0.799. The van der Waals surface area contributed by atoms with Gasteiger partial charge in [-0.05, 0) is 37.3 Å². The third-order valence-corrected chi connectivity index (χ3v) is 6.19. The number of benzene rings is 2. The summed E-state index contributed by atoms with van der Waals surface area (Å²) >= 11 is 17.8. The van der Waals surface area contributed by atoms with Gasteiger partial charge in [0, 0.05) is 0 Å². The summed E-state index contributed by atoms with van der Waals surface area (Å²) in [5.41, 5.74) is 0.0557. The lowest BCUT2D eigenvalue weighted by Crippen LogP contribution is -2.43. The van der Waals surface area contributed by atoms with Crippen LogP contribution in [0.5, 0.6) is 0 Å². The molecule has 5 nitrogen and oxygen atoms in total. The van der Waals surface area contributed by atoms with E-state index in [1.54, 1.807) is 12.1 Å². The first-order chi connectivity index (χ1) is 11.2. The van der Waals surface area contributed by atoms with Gasteiger partial charge in [0.25, 0.3) is 10.0 Å². The van der Waals surface area contributed by atoms with Crippen LogP contribution in [0.15, 0.2) is 47.4 Å². The van der Waals surface area contributed by atoms with Gasteiger partial charge in [0.2, 0.25) is 0 Å². The summed E-state index contributed by atoms with van der Waals surface area (Å²) in [5, 5.41) is 9.65. The number of carboxylic acids is 1. The maximum atomic E-state index is 13.0. The van der Waals surface area contributed by atoms with Crippen molar-refractivity contribution in [3.63, 3.8) is 0 Å². The van der Waals surface area contributed by atoms with E-state index in [-0.39, 0.29) is 25.7 Å². The van der Waals surface area contributed by atoms with Crippen molar-refractivity contribution in [1.82, 2.24) is 0 Å². The molecule has 0 bridgehead atoms. The number of para-hydroxylation sites is 1. The Balaban J connectivity index is 2.68. The number of hydrogen-bond donors (Lipinski definition) is 1. The maximum Gasteiger partial charge on any atom is 0.327 e. The van der Waals surface area contributed by atoms with Gasteiger partial charge in [-0.3, -0.25) is 4.31 Å². The second-order valence-electron chi connectivity index (χ2n) is 4.84. The second kappa shape index (κ2) is 7.19. The molecule has 1 N–H and O–H groups in total. The molecule has 0 fully saturated rings. The first-order valence-electron chi connectivity index (χ1n) is 6.63. The molecule has 0 aliphatic carbocycles. The summed E-state index contributed by atoms with van der Waals surface area (Å²) < 4.78 is 26.7. The molecule has 9 heteroatoms. The predicted molar refractivity (Wildman–Crippen MR) is 94.7 cm³/mol. The Bertz CT molecular complexity index is 886. The lowest BCUT2D eigenvalue weighted by molar-refractivity contribution is -0.137. The molecule has 128 valence electrons. The Morgan fingerprint density at radius 1 is 1.04 bits per heavy atom. The Kier molecular flexibility index (Phi) is 5.65. The summed E-state index contributed by atoms with van der Waals surface area (Å²) in [7, 11) is -4.24. The minimum absolute atomic E-state index is 0.0415. The fourth-order valence-corrected chi connectivity index (χ4v) is 4.33. The van der Waals surface area contributed by atoms with E-state index in [0.717, 1.165) is 10.4 Å². The first-order valence-corrected chi connectivity index (χ1v) is 9.20. The minimum Gasteiger partial charge on any atom is -0.480 e. The number of carboxylic acid groups (broad SMARTS) is 1. The number of sulfonamides is 1. The molecular weight excluding hydrogens is 397 g/mol. The van der Waals surface area contributed by atoms with E-state index in [9.17, 15) is 18.3 Å². The van der Waals surface area contributed by atoms with Crippen LogP contribution in [0.3, 0.4) is 0 Å². The molecule has 0 heterocycles. The lowest BCUT2D eigenvalue weighted by atomic mass is 10.2. The van der Waals surface area contributed by atoms with Crippen LogP contribution in [0, 0.1) is 0 Å². The third-order valence-electron chi connectivity index (χ3n) is 3.25. The first kappa shape index (κ1) is 18.9. The number of rotatable bonds is 5. The molecular formula is C15H12Cl3NO4S. The number of carbonyl (C=O) groups is 1. The maximum absolute atomic E-state index is 13.0. The topological polar surface area (TPSA) is 74.7 Å². The molecule has 0 saturated carbocycles. The number of nitrogens with zero attached hydrogens (tertiary/aromatic N) is 1.